The van der Waals surface area contributed by atoms with Gasteiger partial charge in [-0.2, -0.15) is 0 Å². The summed E-state index contributed by atoms with van der Waals surface area (Å²) in [6.45, 7) is 2.65. The summed E-state index contributed by atoms with van der Waals surface area (Å²) in [5, 5.41) is 0. The minimum absolute atomic E-state index is 0.547. The third-order valence-corrected chi connectivity index (χ3v) is 7.76. The molecular formula is C19H26. The molecule has 1 unspecified atom stereocenters. The van der Waals surface area contributed by atoms with Crippen molar-refractivity contribution in [2.24, 2.45) is 28.6 Å². The van der Waals surface area contributed by atoms with E-state index in [1.807, 2.05) is 0 Å². The van der Waals surface area contributed by atoms with E-state index in [0.717, 1.165) is 17.8 Å². The van der Waals surface area contributed by atoms with Crippen molar-refractivity contribution >= 4 is 0 Å². The highest BCUT2D eigenvalue weighted by molar-refractivity contribution is 5.44. The van der Waals surface area contributed by atoms with Gasteiger partial charge < -0.3 is 0 Å². The largest absolute Gasteiger partial charge is 0.0802 e. The molecule has 1 atom stereocenters. The van der Waals surface area contributed by atoms with E-state index in [1.54, 1.807) is 49.7 Å². The molecule has 0 heteroatoms. The summed E-state index contributed by atoms with van der Waals surface area (Å²) in [6, 6.07) is 0. The number of hydrogen-bond acceptors (Lipinski definition) is 0. The molecule has 0 saturated heterocycles. The van der Waals surface area contributed by atoms with Crippen LogP contribution in [0.1, 0.15) is 64.7 Å². The number of hydrogen-bond donors (Lipinski definition) is 0. The Hall–Kier alpha value is -0.520. The van der Waals surface area contributed by atoms with Gasteiger partial charge >= 0.3 is 0 Å². The summed E-state index contributed by atoms with van der Waals surface area (Å²) in [6.07, 6.45) is 18.5. The summed E-state index contributed by atoms with van der Waals surface area (Å²) in [4.78, 5) is 0. The smallest absolute Gasteiger partial charge is 0.00160 e. The molecule has 6 rings (SSSR count). The first-order valence-electron chi connectivity index (χ1n) is 8.58. The van der Waals surface area contributed by atoms with Gasteiger partial charge in [-0.05, 0) is 91.9 Å². The quantitative estimate of drug-likeness (QED) is 0.599. The third-order valence-electron chi connectivity index (χ3n) is 7.76. The van der Waals surface area contributed by atoms with Gasteiger partial charge in [0.15, 0.2) is 0 Å². The van der Waals surface area contributed by atoms with E-state index in [-0.39, 0.29) is 0 Å². The van der Waals surface area contributed by atoms with Crippen LogP contribution >= 0.6 is 0 Å². The van der Waals surface area contributed by atoms with Gasteiger partial charge in [-0.15, -0.1) is 0 Å². The second-order valence-electron chi connectivity index (χ2n) is 8.65. The molecule has 0 aromatic carbocycles. The molecule has 0 amide bonds. The van der Waals surface area contributed by atoms with Crippen molar-refractivity contribution in [3.05, 3.63) is 23.3 Å². The van der Waals surface area contributed by atoms with E-state index in [1.165, 1.54) is 19.3 Å². The van der Waals surface area contributed by atoms with Crippen LogP contribution in [0.15, 0.2) is 23.3 Å². The maximum absolute atomic E-state index is 2.65. The second kappa shape index (κ2) is 3.38. The Kier molecular flexibility index (Phi) is 1.99. The average molecular weight is 254 g/mol. The number of allylic oxidation sites excluding steroid dienone is 4. The van der Waals surface area contributed by atoms with Crippen LogP contribution in [0.25, 0.3) is 0 Å². The third kappa shape index (κ3) is 1.27. The van der Waals surface area contributed by atoms with Crippen molar-refractivity contribution in [1.29, 1.82) is 0 Å². The summed E-state index contributed by atoms with van der Waals surface area (Å²) < 4.78 is 0. The molecule has 0 radical (unpaired) electrons. The zero-order valence-electron chi connectivity index (χ0n) is 12.3. The molecule has 0 nitrogen and oxygen atoms in total. The monoisotopic (exact) mass is 254 g/mol. The van der Waals surface area contributed by atoms with Crippen LogP contribution in [0.4, 0.5) is 0 Å². The molecule has 0 aliphatic heterocycles. The van der Waals surface area contributed by atoms with E-state index >= 15 is 0 Å². The van der Waals surface area contributed by atoms with Crippen LogP contribution in [0, 0.1) is 28.6 Å². The maximum atomic E-state index is 2.65. The van der Waals surface area contributed by atoms with Crippen LogP contribution in [0.5, 0.6) is 0 Å². The first-order valence-corrected chi connectivity index (χ1v) is 8.58. The van der Waals surface area contributed by atoms with Crippen molar-refractivity contribution in [3.63, 3.8) is 0 Å². The van der Waals surface area contributed by atoms with E-state index in [4.69, 9.17) is 0 Å². The van der Waals surface area contributed by atoms with Crippen LogP contribution in [0.2, 0.25) is 0 Å². The molecule has 4 saturated carbocycles. The van der Waals surface area contributed by atoms with E-state index in [9.17, 15) is 0 Å². The highest BCUT2D eigenvalue weighted by Gasteiger charge is 2.60. The van der Waals surface area contributed by atoms with E-state index in [2.05, 4.69) is 19.1 Å². The predicted octanol–water partition coefficient (Wildman–Crippen LogP) is 5.26. The van der Waals surface area contributed by atoms with Gasteiger partial charge in [0.1, 0.15) is 0 Å². The van der Waals surface area contributed by atoms with Gasteiger partial charge in [0.2, 0.25) is 0 Å². The summed E-state index contributed by atoms with van der Waals surface area (Å²) >= 11 is 0. The Bertz CT molecular complexity index is 457. The lowest BCUT2D eigenvalue weighted by Crippen LogP contribution is -2.53. The molecule has 19 heavy (non-hydrogen) atoms. The van der Waals surface area contributed by atoms with Crippen molar-refractivity contribution in [2.75, 3.05) is 0 Å². The van der Waals surface area contributed by atoms with Gasteiger partial charge in [-0.25, -0.2) is 0 Å². The lowest BCUT2D eigenvalue weighted by atomic mass is 9.42. The molecule has 0 aromatic rings. The average Bonchev–Trinajstić information content (AvgIpc) is 2.92. The van der Waals surface area contributed by atoms with E-state index in [0.29, 0.717) is 10.8 Å². The lowest BCUT2D eigenvalue weighted by Gasteiger charge is -2.63. The fourth-order valence-corrected chi connectivity index (χ4v) is 7.23. The molecule has 0 aromatic heterocycles. The zero-order valence-corrected chi connectivity index (χ0v) is 12.3. The van der Waals surface area contributed by atoms with Gasteiger partial charge in [0, 0.05) is 0 Å². The topological polar surface area (TPSA) is 0 Å². The molecule has 0 spiro atoms. The Labute approximate surface area is 117 Å². The Morgan fingerprint density at radius 2 is 1.63 bits per heavy atom. The molecule has 102 valence electrons. The Morgan fingerprint density at radius 3 is 2.26 bits per heavy atom. The van der Waals surface area contributed by atoms with Crippen LogP contribution in [-0.2, 0) is 0 Å². The molecule has 4 bridgehead atoms. The van der Waals surface area contributed by atoms with Crippen LogP contribution in [-0.4, -0.2) is 0 Å². The van der Waals surface area contributed by atoms with Crippen LogP contribution in [0.3, 0.4) is 0 Å². The van der Waals surface area contributed by atoms with Gasteiger partial charge in [-0.3, -0.25) is 0 Å². The number of rotatable bonds is 1. The summed E-state index contributed by atoms with van der Waals surface area (Å²) in [7, 11) is 0. The molecule has 0 heterocycles. The van der Waals surface area contributed by atoms with Gasteiger partial charge in [0.25, 0.3) is 0 Å². The fraction of sp³-hybridized carbons (Fsp3) is 0.789. The zero-order chi connectivity index (χ0) is 12.7. The van der Waals surface area contributed by atoms with Crippen molar-refractivity contribution < 1.29 is 0 Å². The van der Waals surface area contributed by atoms with Gasteiger partial charge in [0.05, 0.1) is 0 Å². The lowest BCUT2D eigenvalue weighted by molar-refractivity contribution is -0.111. The highest BCUT2D eigenvalue weighted by atomic mass is 14.6. The Balaban J connectivity index is 1.60. The summed E-state index contributed by atoms with van der Waals surface area (Å²) in [5.74, 6) is 3.29. The minimum Gasteiger partial charge on any atom is -0.0802 e. The van der Waals surface area contributed by atoms with Gasteiger partial charge in [-0.1, -0.05) is 24.6 Å². The fourth-order valence-electron chi connectivity index (χ4n) is 7.23. The first kappa shape index (κ1) is 11.2. The van der Waals surface area contributed by atoms with Crippen LogP contribution < -0.4 is 0 Å². The van der Waals surface area contributed by atoms with Crippen molar-refractivity contribution in [2.45, 2.75) is 64.7 Å². The first-order chi connectivity index (χ1) is 9.19. The Morgan fingerprint density at radius 1 is 1.00 bits per heavy atom. The SMILES string of the molecule is CC1(C23CC4CC(CC(C4)C2)C3)CCC2=C1C=CC2. The highest BCUT2D eigenvalue weighted by Crippen LogP contribution is 2.70. The molecule has 6 aliphatic carbocycles. The standard InChI is InChI=1S/C19H26/c1-18(6-5-16-3-2-4-17(16)18)19-10-13-7-14(11-19)9-15(8-13)12-19/h2,4,13-15H,3,5-12H2,1H3. The molecule has 4 fully saturated rings. The molecule has 0 N–H and O–H groups in total. The van der Waals surface area contributed by atoms with Crippen molar-refractivity contribution in [3.8, 4) is 0 Å². The predicted molar refractivity (Wildman–Crippen MR) is 78.7 cm³/mol. The van der Waals surface area contributed by atoms with Crippen molar-refractivity contribution in [1.82, 2.24) is 0 Å². The summed E-state index contributed by atoms with van der Waals surface area (Å²) in [5.41, 5.74) is 4.85. The maximum Gasteiger partial charge on any atom is -0.00160 e. The molecule has 6 aliphatic rings. The normalized spacial score (nSPS) is 54.3. The minimum atomic E-state index is 0.547. The molecular weight excluding hydrogens is 228 g/mol. The second-order valence-corrected chi connectivity index (χ2v) is 8.65. The van der Waals surface area contributed by atoms with E-state index < -0.39 is 0 Å².